The van der Waals surface area contributed by atoms with E-state index in [4.69, 9.17) is 5.26 Å². The molecule has 0 bridgehead atoms. The Balaban J connectivity index is 2.74. The Bertz CT molecular complexity index is 484. The van der Waals surface area contributed by atoms with Crippen molar-refractivity contribution in [3.8, 4) is 6.07 Å². The lowest BCUT2D eigenvalue weighted by atomic mass is 9.91. The maximum Gasteiger partial charge on any atom is 0.416 e. The number of hydrogen-bond donors (Lipinski definition) is 1. The molecular weight excluding hydrogens is 253 g/mol. The van der Waals surface area contributed by atoms with Gasteiger partial charge >= 0.3 is 6.18 Å². The Morgan fingerprint density at radius 2 is 1.89 bits per heavy atom. The molecule has 0 amide bonds. The lowest BCUT2D eigenvalue weighted by molar-refractivity contribution is -0.138. The van der Waals surface area contributed by atoms with Crippen LogP contribution in [0.1, 0.15) is 31.4 Å². The molecule has 0 fully saturated rings. The number of nitriles is 1. The van der Waals surface area contributed by atoms with E-state index in [1.165, 1.54) is 13.0 Å². The van der Waals surface area contributed by atoms with Gasteiger partial charge in [-0.05, 0) is 44.9 Å². The lowest BCUT2D eigenvalue weighted by Crippen LogP contribution is -2.15. The minimum Gasteiger partial charge on any atom is -0.385 e. The molecule has 1 rings (SSSR count). The van der Waals surface area contributed by atoms with Crippen molar-refractivity contribution in [1.29, 1.82) is 5.26 Å². The van der Waals surface area contributed by atoms with E-state index in [1.54, 1.807) is 19.9 Å². The fourth-order valence-electron chi connectivity index (χ4n) is 1.61. The summed E-state index contributed by atoms with van der Waals surface area (Å²) in [6, 6.07) is 6.32. The maximum absolute atomic E-state index is 12.7. The summed E-state index contributed by atoms with van der Waals surface area (Å²) in [6.45, 7) is 5.49. The van der Waals surface area contributed by atoms with Gasteiger partial charge in [0.1, 0.15) is 0 Å². The summed E-state index contributed by atoms with van der Waals surface area (Å²) in [6.07, 6.45) is -3.77. The van der Waals surface area contributed by atoms with Crippen LogP contribution in [0.5, 0.6) is 0 Å². The monoisotopic (exact) mass is 270 g/mol. The van der Waals surface area contributed by atoms with Gasteiger partial charge < -0.3 is 5.32 Å². The third kappa shape index (κ3) is 4.47. The van der Waals surface area contributed by atoms with Crippen molar-refractivity contribution >= 4 is 5.69 Å². The van der Waals surface area contributed by atoms with Crippen LogP contribution in [-0.4, -0.2) is 6.54 Å². The van der Waals surface area contributed by atoms with Gasteiger partial charge in [-0.2, -0.15) is 18.4 Å². The normalized spacial score (nSPS) is 12.1. The summed E-state index contributed by atoms with van der Waals surface area (Å²) in [5.74, 6) is 0. The van der Waals surface area contributed by atoms with E-state index in [0.29, 0.717) is 18.7 Å². The van der Waals surface area contributed by atoms with Crippen LogP contribution in [0.25, 0.3) is 0 Å². The van der Waals surface area contributed by atoms with Crippen LogP contribution in [-0.2, 0) is 6.18 Å². The number of halogens is 3. The second-order valence-electron chi connectivity index (χ2n) is 5.20. The van der Waals surface area contributed by atoms with Crippen molar-refractivity contribution in [2.45, 2.75) is 33.4 Å². The third-order valence-electron chi connectivity index (χ3n) is 2.92. The number of aryl methyl sites for hydroxylation is 1. The molecular formula is C14H17F3N2. The molecule has 2 nitrogen and oxygen atoms in total. The quantitative estimate of drug-likeness (QED) is 0.882. The first kappa shape index (κ1) is 15.4. The molecule has 0 radical (unpaired) electrons. The van der Waals surface area contributed by atoms with Crippen LogP contribution >= 0.6 is 0 Å². The molecule has 0 unspecified atom stereocenters. The van der Waals surface area contributed by atoms with Crippen molar-refractivity contribution in [2.75, 3.05) is 11.9 Å². The van der Waals surface area contributed by atoms with Crippen LogP contribution in [0, 0.1) is 23.7 Å². The van der Waals surface area contributed by atoms with Crippen LogP contribution in [0.4, 0.5) is 18.9 Å². The van der Waals surface area contributed by atoms with Crippen LogP contribution < -0.4 is 5.32 Å². The minimum absolute atomic E-state index is 0.204. The molecule has 1 aromatic rings. The molecule has 0 spiro atoms. The van der Waals surface area contributed by atoms with E-state index in [0.717, 1.165) is 6.07 Å². The standard InChI is InChI=1S/C14H17F3N2/c1-10-4-5-11(8-12(10)14(15,16)17)19-7-6-13(2,3)9-18/h4-5,8,19H,6-7H2,1-3H3. The van der Waals surface area contributed by atoms with E-state index in [1.807, 2.05) is 0 Å². The molecule has 19 heavy (non-hydrogen) atoms. The first-order valence-corrected chi connectivity index (χ1v) is 5.99. The van der Waals surface area contributed by atoms with Crippen molar-refractivity contribution in [3.63, 3.8) is 0 Å². The Morgan fingerprint density at radius 1 is 1.26 bits per heavy atom. The molecule has 5 heteroatoms. The summed E-state index contributed by atoms with van der Waals surface area (Å²) >= 11 is 0. The van der Waals surface area contributed by atoms with E-state index in [9.17, 15) is 13.2 Å². The van der Waals surface area contributed by atoms with Gasteiger partial charge in [-0.3, -0.25) is 0 Å². The van der Waals surface area contributed by atoms with E-state index in [-0.39, 0.29) is 5.56 Å². The SMILES string of the molecule is Cc1ccc(NCCC(C)(C)C#N)cc1C(F)(F)F. The van der Waals surface area contributed by atoms with Crippen molar-refractivity contribution in [2.24, 2.45) is 5.41 Å². The molecule has 1 aromatic carbocycles. The summed E-state index contributed by atoms with van der Waals surface area (Å²) < 4.78 is 38.2. The highest BCUT2D eigenvalue weighted by molar-refractivity contribution is 5.49. The van der Waals surface area contributed by atoms with Gasteiger partial charge in [0, 0.05) is 12.2 Å². The van der Waals surface area contributed by atoms with Crippen molar-refractivity contribution in [3.05, 3.63) is 29.3 Å². The summed E-state index contributed by atoms with van der Waals surface area (Å²) in [7, 11) is 0. The average molecular weight is 270 g/mol. The highest BCUT2D eigenvalue weighted by Crippen LogP contribution is 2.33. The maximum atomic E-state index is 12.7. The van der Waals surface area contributed by atoms with Crippen molar-refractivity contribution in [1.82, 2.24) is 0 Å². The Labute approximate surface area is 111 Å². The van der Waals surface area contributed by atoms with E-state index in [2.05, 4.69) is 11.4 Å². The molecule has 104 valence electrons. The Morgan fingerprint density at radius 3 is 2.42 bits per heavy atom. The zero-order valence-electron chi connectivity index (χ0n) is 11.2. The summed E-state index contributed by atoms with van der Waals surface area (Å²) in [4.78, 5) is 0. The highest BCUT2D eigenvalue weighted by atomic mass is 19.4. The van der Waals surface area contributed by atoms with Crippen LogP contribution in [0.2, 0.25) is 0 Å². The van der Waals surface area contributed by atoms with E-state index < -0.39 is 17.2 Å². The number of hydrogen-bond acceptors (Lipinski definition) is 2. The Kier molecular flexibility index (Phi) is 4.46. The van der Waals surface area contributed by atoms with E-state index >= 15 is 0 Å². The van der Waals surface area contributed by atoms with Gasteiger partial charge in [0.05, 0.1) is 17.0 Å². The van der Waals surface area contributed by atoms with Gasteiger partial charge in [-0.15, -0.1) is 0 Å². The first-order valence-electron chi connectivity index (χ1n) is 5.99. The summed E-state index contributed by atoms with van der Waals surface area (Å²) in [5, 5.41) is 11.8. The number of nitrogens with one attached hydrogen (secondary N) is 1. The van der Waals surface area contributed by atoms with Gasteiger partial charge in [-0.25, -0.2) is 0 Å². The zero-order valence-corrected chi connectivity index (χ0v) is 11.2. The number of nitrogens with zero attached hydrogens (tertiary/aromatic N) is 1. The predicted molar refractivity (Wildman–Crippen MR) is 68.7 cm³/mol. The smallest absolute Gasteiger partial charge is 0.385 e. The molecule has 1 N–H and O–H groups in total. The zero-order chi connectivity index (χ0) is 14.7. The van der Waals surface area contributed by atoms with Crippen LogP contribution in [0.3, 0.4) is 0 Å². The molecule has 0 aromatic heterocycles. The second-order valence-corrected chi connectivity index (χ2v) is 5.20. The first-order chi connectivity index (χ1) is 8.65. The minimum atomic E-state index is -4.34. The molecule has 0 saturated heterocycles. The predicted octanol–water partition coefficient (Wildman–Crippen LogP) is 4.37. The molecule has 0 saturated carbocycles. The van der Waals surface area contributed by atoms with Gasteiger partial charge in [0.15, 0.2) is 0 Å². The molecule has 0 aliphatic carbocycles. The molecule has 0 atom stereocenters. The third-order valence-corrected chi connectivity index (χ3v) is 2.92. The second kappa shape index (κ2) is 5.52. The molecule has 0 aliphatic rings. The molecule has 0 heterocycles. The topological polar surface area (TPSA) is 35.8 Å². The lowest BCUT2D eigenvalue weighted by Gasteiger charge is -2.17. The number of benzene rings is 1. The number of alkyl halides is 3. The van der Waals surface area contributed by atoms with Crippen LogP contribution in [0.15, 0.2) is 18.2 Å². The average Bonchev–Trinajstić information content (AvgIpc) is 2.30. The fourth-order valence-corrected chi connectivity index (χ4v) is 1.61. The fraction of sp³-hybridized carbons (Fsp3) is 0.500. The number of anilines is 1. The summed E-state index contributed by atoms with van der Waals surface area (Å²) in [5.41, 5.74) is -0.482. The largest absolute Gasteiger partial charge is 0.416 e. The van der Waals surface area contributed by atoms with Gasteiger partial charge in [0.25, 0.3) is 0 Å². The van der Waals surface area contributed by atoms with Gasteiger partial charge in [0.2, 0.25) is 0 Å². The van der Waals surface area contributed by atoms with Crippen molar-refractivity contribution < 1.29 is 13.2 Å². The highest BCUT2D eigenvalue weighted by Gasteiger charge is 2.32. The van der Waals surface area contributed by atoms with Gasteiger partial charge in [-0.1, -0.05) is 6.07 Å². The molecule has 0 aliphatic heterocycles. The number of rotatable bonds is 4. The Hall–Kier alpha value is -1.70.